The summed E-state index contributed by atoms with van der Waals surface area (Å²) in [5.41, 5.74) is 9.40. The summed E-state index contributed by atoms with van der Waals surface area (Å²) in [6.45, 7) is 10.7. The zero-order valence-electron chi connectivity index (χ0n) is 18.8. The second kappa shape index (κ2) is 18.9. The molecule has 0 aliphatic heterocycles. The molecule has 33 heavy (non-hydrogen) atoms. The summed E-state index contributed by atoms with van der Waals surface area (Å²) in [7, 11) is 0. The van der Waals surface area contributed by atoms with Crippen LogP contribution in [0.5, 0.6) is 0 Å². The first kappa shape index (κ1) is 35.0. The van der Waals surface area contributed by atoms with E-state index in [1.54, 1.807) is 0 Å². The minimum atomic E-state index is 0. The molecule has 0 heterocycles. The molecular weight excluding hydrogens is 396 g/mol. The van der Waals surface area contributed by atoms with E-state index in [0.717, 1.165) is 6.42 Å². The van der Waals surface area contributed by atoms with Gasteiger partial charge in [0.15, 0.2) is 0 Å². The van der Waals surface area contributed by atoms with Gasteiger partial charge in [0.25, 0.3) is 0 Å². The van der Waals surface area contributed by atoms with Crippen LogP contribution in [0, 0.1) is 6.92 Å². The summed E-state index contributed by atoms with van der Waals surface area (Å²) in [5, 5.41) is 0. The Balaban J connectivity index is -0.00000146. The molecule has 0 N–H and O–H groups in total. The molecule has 0 aliphatic rings. The molecule has 3 rings (SSSR count). The van der Waals surface area contributed by atoms with Gasteiger partial charge >= 0.3 is 0 Å². The van der Waals surface area contributed by atoms with Gasteiger partial charge in [0.2, 0.25) is 0 Å². The third-order valence-electron chi connectivity index (χ3n) is 5.18. The first-order chi connectivity index (χ1) is 14.2. The van der Waals surface area contributed by atoms with Crippen LogP contribution >= 0.6 is 0 Å². The van der Waals surface area contributed by atoms with Gasteiger partial charge in [-0.1, -0.05) is 148 Å². The van der Waals surface area contributed by atoms with Crippen LogP contribution in [0.4, 0.5) is 0 Å². The fraction of sp³-hybridized carbons (Fsp3) is 0.394. The molecule has 0 aliphatic carbocycles. The minimum absolute atomic E-state index is 0. The fourth-order valence-electron chi connectivity index (χ4n) is 3.62. The Labute approximate surface area is 207 Å². The molecule has 0 unspecified atom stereocenters. The van der Waals surface area contributed by atoms with Gasteiger partial charge < -0.3 is 0 Å². The first-order valence-electron chi connectivity index (χ1n) is 11.2. The van der Waals surface area contributed by atoms with Crippen molar-refractivity contribution in [3.8, 4) is 0 Å². The molecule has 184 valence electrons. The number of hydrogen-bond donors (Lipinski definition) is 0. The van der Waals surface area contributed by atoms with E-state index in [2.05, 4.69) is 99.6 Å². The molecule has 3 aromatic rings. The van der Waals surface area contributed by atoms with E-state index in [0.29, 0.717) is 0 Å². The summed E-state index contributed by atoms with van der Waals surface area (Å²) in [4.78, 5) is 0. The predicted molar refractivity (Wildman–Crippen MR) is 157 cm³/mol. The number of rotatable bonds is 7. The van der Waals surface area contributed by atoms with Crippen LogP contribution in [0.1, 0.15) is 104 Å². The van der Waals surface area contributed by atoms with Crippen molar-refractivity contribution in [2.24, 2.45) is 0 Å². The number of benzene rings is 3. The highest BCUT2D eigenvalue weighted by molar-refractivity contribution is 5.98. The number of allylic oxidation sites excluding steroid dienone is 1. The van der Waals surface area contributed by atoms with Gasteiger partial charge in [-0.15, -0.1) is 0 Å². The van der Waals surface area contributed by atoms with Crippen molar-refractivity contribution in [1.82, 2.24) is 0 Å². The molecule has 0 nitrogen and oxygen atoms in total. The summed E-state index contributed by atoms with van der Waals surface area (Å²) < 4.78 is 0. The van der Waals surface area contributed by atoms with Crippen LogP contribution < -0.4 is 0 Å². The topological polar surface area (TPSA) is 0 Å². The van der Waals surface area contributed by atoms with Crippen LogP contribution in [0.2, 0.25) is 0 Å². The number of aryl methyl sites for hydroxylation is 2. The molecule has 0 atom stereocenters. The van der Waals surface area contributed by atoms with E-state index in [4.69, 9.17) is 0 Å². The average Bonchev–Trinajstić information content (AvgIpc) is 2.79. The van der Waals surface area contributed by atoms with Crippen molar-refractivity contribution in [2.45, 2.75) is 90.0 Å². The maximum Gasteiger partial charge on any atom is -0.00735 e. The van der Waals surface area contributed by atoms with E-state index in [1.807, 2.05) is 13.8 Å². The Kier molecular flexibility index (Phi) is 20.1. The standard InChI is InChI=1S/C27H30.C2H6.4CH4/c1-4-6-10-22-15-19-25(20-16-22)27(24-17-13-21(3)14-18-24)26(5-2)23-11-8-7-9-12-23;1-2;;;;/h7-9,11-20H,4-6,10H2,1-3H3;1-2H3;4*1H4/b27-26-;;;;;. The van der Waals surface area contributed by atoms with Gasteiger partial charge in [0.1, 0.15) is 0 Å². The third-order valence-corrected chi connectivity index (χ3v) is 5.18. The van der Waals surface area contributed by atoms with E-state index in [-0.39, 0.29) is 29.7 Å². The lowest BCUT2D eigenvalue weighted by atomic mass is 9.87. The molecule has 0 saturated carbocycles. The maximum absolute atomic E-state index is 2.30. The van der Waals surface area contributed by atoms with Gasteiger partial charge in [-0.25, -0.2) is 0 Å². The van der Waals surface area contributed by atoms with E-state index in [9.17, 15) is 0 Å². The van der Waals surface area contributed by atoms with Gasteiger partial charge in [0.05, 0.1) is 0 Å². The Morgan fingerprint density at radius 3 is 1.55 bits per heavy atom. The Bertz CT molecular complexity index is 866. The molecule has 0 bridgehead atoms. The van der Waals surface area contributed by atoms with Crippen LogP contribution in [0.15, 0.2) is 78.9 Å². The zero-order valence-corrected chi connectivity index (χ0v) is 18.8. The molecule has 3 aromatic carbocycles. The summed E-state index contributed by atoms with van der Waals surface area (Å²) >= 11 is 0. The second-order valence-corrected chi connectivity index (χ2v) is 7.24. The van der Waals surface area contributed by atoms with E-state index < -0.39 is 0 Å². The third kappa shape index (κ3) is 9.82. The van der Waals surface area contributed by atoms with Crippen molar-refractivity contribution in [1.29, 1.82) is 0 Å². The molecule has 0 fully saturated rings. The number of unbranched alkanes of at least 4 members (excludes halogenated alkanes) is 1. The first-order valence-corrected chi connectivity index (χ1v) is 11.2. The Morgan fingerprint density at radius 1 is 0.606 bits per heavy atom. The zero-order chi connectivity index (χ0) is 21.1. The van der Waals surface area contributed by atoms with Gasteiger partial charge in [0, 0.05) is 0 Å². The fourth-order valence-corrected chi connectivity index (χ4v) is 3.62. The summed E-state index contributed by atoms with van der Waals surface area (Å²) in [6, 6.07) is 29.0. The largest absolute Gasteiger partial charge is 0.0776 e. The Hall–Kier alpha value is -2.60. The van der Waals surface area contributed by atoms with Crippen molar-refractivity contribution >= 4 is 11.1 Å². The smallest absolute Gasteiger partial charge is 0.00735 e. The monoisotopic (exact) mass is 448 g/mol. The molecular formula is C33H52. The highest BCUT2D eigenvalue weighted by Crippen LogP contribution is 2.34. The molecule has 0 saturated heterocycles. The average molecular weight is 449 g/mol. The van der Waals surface area contributed by atoms with Crippen LogP contribution in [0.25, 0.3) is 11.1 Å². The molecule has 0 amide bonds. The highest BCUT2D eigenvalue weighted by atomic mass is 14.2. The van der Waals surface area contributed by atoms with Gasteiger partial charge in [-0.05, 0) is 59.6 Å². The van der Waals surface area contributed by atoms with Crippen LogP contribution in [-0.2, 0) is 6.42 Å². The SMILES string of the molecule is C.C.C.C.CC.CCCCc1ccc(/C(=C(/CC)c2ccccc2)c2ccc(C)cc2)cc1. The summed E-state index contributed by atoms with van der Waals surface area (Å²) in [6.07, 6.45) is 4.67. The molecule has 0 radical (unpaired) electrons. The molecule has 0 heteroatoms. The van der Waals surface area contributed by atoms with Gasteiger partial charge in [-0.3, -0.25) is 0 Å². The minimum Gasteiger partial charge on any atom is -0.0776 e. The lowest BCUT2D eigenvalue weighted by Crippen LogP contribution is -1.96. The molecule has 0 aromatic heterocycles. The lowest BCUT2D eigenvalue weighted by molar-refractivity contribution is 0.795. The van der Waals surface area contributed by atoms with Crippen molar-refractivity contribution in [3.63, 3.8) is 0 Å². The van der Waals surface area contributed by atoms with Crippen LogP contribution in [0.3, 0.4) is 0 Å². The predicted octanol–water partition coefficient (Wildman–Crippen LogP) is 11.3. The van der Waals surface area contributed by atoms with Crippen molar-refractivity contribution < 1.29 is 0 Å². The quantitative estimate of drug-likeness (QED) is 0.315. The summed E-state index contributed by atoms with van der Waals surface area (Å²) in [5.74, 6) is 0. The van der Waals surface area contributed by atoms with Crippen LogP contribution in [-0.4, -0.2) is 0 Å². The van der Waals surface area contributed by atoms with Crippen molar-refractivity contribution in [2.75, 3.05) is 0 Å². The van der Waals surface area contributed by atoms with Gasteiger partial charge in [-0.2, -0.15) is 0 Å². The normalized spacial score (nSPS) is 9.97. The second-order valence-electron chi connectivity index (χ2n) is 7.24. The maximum atomic E-state index is 2.30. The van der Waals surface area contributed by atoms with E-state index in [1.165, 1.54) is 58.2 Å². The Morgan fingerprint density at radius 2 is 1.09 bits per heavy atom. The lowest BCUT2D eigenvalue weighted by Gasteiger charge is -2.17. The highest BCUT2D eigenvalue weighted by Gasteiger charge is 2.13. The number of hydrogen-bond acceptors (Lipinski definition) is 0. The van der Waals surface area contributed by atoms with E-state index >= 15 is 0 Å². The van der Waals surface area contributed by atoms with Crippen molar-refractivity contribution in [3.05, 3.63) is 107 Å². The molecule has 0 spiro atoms.